The van der Waals surface area contributed by atoms with E-state index >= 15 is 0 Å². The maximum atomic E-state index is 11.4. The van der Waals surface area contributed by atoms with E-state index in [0.29, 0.717) is 17.5 Å². The van der Waals surface area contributed by atoms with Gasteiger partial charge < -0.3 is 5.32 Å². The highest BCUT2D eigenvalue weighted by Crippen LogP contribution is 2.30. The Balaban J connectivity index is 1.68. The van der Waals surface area contributed by atoms with Crippen LogP contribution in [0.3, 0.4) is 0 Å². The van der Waals surface area contributed by atoms with Gasteiger partial charge in [-0.05, 0) is 37.3 Å². The van der Waals surface area contributed by atoms with Crippen LogP contribution in [0.15, 0.2) is 30.3 Å². The van der Waals surface area contributed by atoms with Crippen molar-refractivity contribution in [1.29, 1.82) is 0 Å². The van der Waals surface area contributed by atoms with E-state index in [9.17, 15) is 8.42 Å². The smallest absolute Gasteiger partial charge is 0.150 e. The summed E-state index contributed by atoms with van der Waals surface area (Å²) in [6.07, 6.45) is 1.47. The zero-order chi connectivity index (χ0) is 14.2. The Kier molecular flexibility index (Phi) is 3.84. The predicted octanol–water partition coefficient (Wildman–Crippen LogP) is 3.13. The van der Waals surface area contributed by atoms with Crippen molar-refractivity contribution in [2.75, 3.05) is 11.5 Å². The van der Waals surface area contributed by atoms with Crippen LogP contribution in [0.1, 0.15) is 30.7 Å². The third kappa shape index (κ3) is 3.05. The van der Waals surface area contributed by atoms with Gasteiger partial charge in [0, 0.05) is 21.7 Å². The van der Waals surface area contributed by atoms with Crippen LogP contribution in [0.4, 0.5) is 0 Å². The number of fused-ring (bicyclic) bond motifs is 1. The summed E-state index contributed by atoms with van der Waals surface area (Å²) in [5.74, 6) is 0.646. The molecule has 0 aliphatic carbocycles. The van der Waals surface area contributed by atoms with Crippen LogP contribution >= 0.6 is 11.3 Å². The molecule has 0 bridgehead atoms. The van der Waals surface area contributed by atoms with Crippen molar-refractivity contribution >= 4 is 31.3 Å². The van der Waals surface area contributed by atoms with Crippen LogP contribution in [0.2, 0.25) is 0 Å². The molecule has 3 rings (SSSR count). The quantitative estimate of drug-likeness (QED) is 0.947. The van der Waals surface area contributed by atoms with E-state index in [0.717, 1.165) is 12.8 Å². The number of sulfone groups is 1. The lowest BCUT2D eigenvalue weighted by molar-refractivity contribution is 0.423. The fourth-order valence-corrected chi connectivity index (χ4v) is 5.28. The van der Waals surface area contributed by atoms with Crippen molar-refractivity contribution in [1.82, 2.24) is 5.32 Å². The maximum Gasteiger partial charge on any atom is 0.150 e. The van der Waals surface area contributed by atoms with Crippen LogP contribution in [-0.2, 0) is 9.84 Å². The van der Waals surface area contributed by atoms with E-state index in [1.165, 1.54) is 15.0 Å². The number of benzene rings is 1. The van der Waals surface area contributed by atoms with Crippen molar-refractivity contribution in [2.45, 2.75) is 31.8 Å². The molecular weight excluding hydrogens is 290 g/mol. The van der Waals surface area contributed by atoms with Gasteiger partial charge in [0.25, 0.3) is 0 Å². The molecule has 0 radical (unpaired) electrons. The number of hydrogen-bond acceptors (Lipinski definition) is 4. The molecule has 1 aromatic heterocycles. The van der Waals surface area contributed by atoms with Crippen molar-refractivity contribution in [3.8, 4) is 0 Å². The number of thiophene rings is 1. The second-order valence-electron chi connectivity index (χ2n) is 5.50. The van der Waals surface area contributed by atoms with E-state index in [-0.39, 0.29) is 6.04 Å². The fraction of sp³-hybridized carbons (Fsp3) is 0.467. The Morgan fingerprint density at radius 1 is 1.25 bits per heavy atom. The molecule has 1 fully saturated rings. The molecule has 1 aliphatic rings. The molecular formula is C15H19NO2S2. The van der Waals surface area contributed by atoms with Gasteiger partial charge in [-0.2, -0.15) is 0 Å². The third-order valence-electron chi connectivity index (χ3n) is 3.91. The average molecular weight is 309 g/mol. The summed E-state index contributed by atoms with van der Waals surface area (Å²) in [6.45, 7) is 2.16. The van der Waals surface area contributed by atoms with Gasteiger partial charge in [-0.15, -0.1) is 11.3 Å². The van der Waals surface area contributed by atoms with Crippen molar-refractivity contribution in [2.24, 2.45) is 0 Å². The Hall–Kier alpha value is -0.910. The van der Waals surface area contributed by atoms with Crippen LogP contribution in [-0.4, -0.2) is 26.0 Å². The first-order valence-electron chi connectivity index (χ1n) is 6.98. The Labute approximate surface area is 123 Å². The molecule has 5 heteroatoms. The summed E-state index contributed by atoms with van der Waals surface area (Å²) >= 11 is 1.81. The minimum Gasteiger partial charge on any atom is -0.307 e. The molecule has 1 unspecified atom stereocenters. The fourth-order valence-electron chi connectivity index (χ4n) is 2.71. The molecule has 0 amide bonds. The van der Waals surface area contributed by atoms with Crippen LogP contribution < -0.4 is 5.32 Å². The van der Waals surface area contributed by atoms with Crippen molar-refractivity contribution in [3.05, 3.63) is 35.2 Å². The second kappa shape index (κ2) is 5.47. The van der Waals surface area contributed by atoms with Crippen LogP contribution in [0.25, 0.3) is 10.1 Å². The molecule has 108 valence electrons. The molecule has 0 spiro atoms. The van der Waals surface area contributed by atoms with Gasteiger partial charge in [-0.1, -0.05) is 18.2 Å². The highest BCUT2D eigenvalue weighted by Gasteiger charge is 2.24. The first-order valence-corrected chi connectivity index (χ1v) is 9.62. The topological polar surface area (TPSA) is 46.2 Å². The molecule has 1 N–H and O–H groups in total. The molecule has 3 nitrogen and oxygen atoms in total. The number of rotatable bonds is 3. The predicted molar refractivity (Wildman–Crippen MR) is 85.1 cm³/mol. The standard InChI is InChI=1S/C15H19NO2S2/c1-11(16-13-6-8-20(17,18)9-7-13)15-10-12-4-2-3-5-14(12)19-15/h2-5,10-11,13,16H,6-9H2,1H3. The molecule has 2 aromatic rings. The summed E-state index contributed by atoms with van der Waals surface area (Å²) in [4.78, 5) is 1.32. The lowest BCUT2D eigenvalue weighted by Crippen LogP contribution is -2.38. The minimum absolute atomic E-state index is 0.276. The van der Waals surface area contributed by atoms with Gasteiger partial charge in [0.2, 0.25) is 0 Å². The minimum atomic E-state index is -2.77. The van der Waals surface area contributed by atoms with Crippen LogP contribution in [0, 0.1) is 0 Å². The Bertz CT molecular complexity index is 658. The lowest BCUT2D eigenvalue weighted by atomic mass is 10.1. The number of nitrogens with one attached hydrogen (secondary N) is 1. The van der Waals surface area contributed by atoms with E-state index in [2.05, 4.69) is 42.6 Å². The summed E-state index contributed by atoms with van der Waals surface area (Å²) in [5.41, 5.74) is 0. The normalized spacial score (nSPS) is 21.1. The summed E-state index contributed by atoms with van der Waals surface area (Å²) in [5, 5.41) is 4.86. The Morgan fingerprint density at radius 3 is 2.65 bits per heavy atom. The van der Waals surface area contributed by atoms with E-state index in [1.54, 1.807) is 0 Å². The van der Waals surface area contributed by atoms with Gasteiger partial charge in [0.15, 0.2) is 0 Å². The Morgan fingerprint density at radius 2 is 1.95 bits per heavy atom. The monoisotopic (exact) mass is 309 g/mol. The van der Waals surface area contributed by atoms with E-state index in [1.807, 2.05) is 11.3 Å². The largest absolute Gasteiger partial charge is 0.307 e. The maximum absolute atomic E-state index is 11.4. The SMILES string of the molecule is CC(NC1CCS(=O)(=O)CC1)c1cc2ccccc2s1. The average Bonchev–Trinajstić information content (AvgIpc) is 2.85. The number of hydrogen-bond donors (Lipinski definition) is 1. The zero-order valence-corrected chi connectivity index (χ0v) is 13.1. The van der Waals surface area contributed by atoms with Crippen molar-refractivity contribution in [3.63, 3.8) is 0 Å². The summed E-state index contributed by atoms with van der Waals surface area (Å²) in [6, 6.07) is 11.2. The van der Waals surface area contributed by atoms with Gasteiger partial charge in [-0.3, -0.25) is 0 Å². The third-order valence-corrected chi connectivity index (χ3v) is 6.93. The molecule has 20 heavy (non-hydrogen) atoms. The van der Waals surface area contributed by atoms with E-state index < -0.39 is 9.84 Å². The molecule has 1 saturated heterocycles. The molecule has 2 heterocycles. The van der Waals surface area contributed by atoms with Gasteiger partial charge in [0.05, 0.1) is 11.5 Å². The highest BCUT2D eigenvalue weighted by molar-refractivity contribution is 7.91. The second-order valence-corrected chi connectivity index (χ2v) is 8.92. The van der Waals surface area contributed by atoms with E-state index in [4.69, 9.17) is 0 Å². The van der Waals surface area contributed by atoms with Crippen LogP contribution in [0.5, 0.6) is 0 Å². The summed E-state index contributed by atoms with van der Waals surface area (Å²) < 4.78 is 24.2. The first kappa shape index (κ1) is 14.0. The zero-order valence-electron chi connectivity index (χ0n) is 11.5. The summed E-state index contributed by atoms with van der Waals surface area (Å²) in [7, 11) is -2.77. The molecule has 1 aromatic carbocycles. The lowest BCUT2D eigenvalue weighted by Gasteiger charge is -2.26. The van der Waals surface area contributed by atoms with Crippen molar-refractivity contribution < 1.29 is 8.42 Å². The highest BCUT2D eigenvalue weighted by atomic mass is 32.2. The molecule has 0 saturated carbocycles. The first-order chi connectivity index (χ1) is 9.53. The molecule has 1 aliphatic heterocycles. The molecule has 1 atom stereocenters. The van der Waals surface area contributed by atoms with Gasteiger partial charge in [-0.25, -0.2) is 8.42 Å². The van der Waals surface area contributed by atoms with Gasteiger partial charge >= 0.3 is 0 Å². The van der Waals surface area contributed by atoms with Gasteiger partial charge in [0.1, 0.15) is 9.84 Å².